The Morgan fingerprint density at radius 1 is 1.00 bits per heavy atom. The third-order valence-corrected chi connectivity index (χ3v) is 3.58. The fourth-order valence-electron chi connectivity index (χ4n) is 2.07. The quantitative estimate of drug-likeness (QED) is 0.750. The second kappa shape index (κ2) is 8.96. The zero-order chi connectivity index (χ0) is 15.0. The highest BCUT2D eigenvalue weighted by molar-refractivity contribution is 5.34. The first-order chi connectivity index (χ1) is 9.47. The van der Waals surface area contributed by atoms with Gasteiger partial charge in [-0.25, -0.2) is 0 Å². The molecule has 1 heterocycles. The molecule has 3 heteroatoms. The molecular weight excluding hydrogens is 246 g/mol. The highest BCUT2D eigenvalue weighted by Crippen LogP contribution is 2.08. The van der Waals surface area contributed by atoms with Gasteiger partial charge < -0.3 is 10.6 Å². The molecule has 0 fully saturated rings. The topological polar surface area (TPSA) is 42.1 Å². The Morgan fingerprint density at radius 2 is 1.60 bits per heavy atom. The highest BCUT2D eigenvalue weighted by atomic mass is 15.1. The average molecular weight is 277 g/mol. The normalized spacial score (nSPS) is 11.8. The van der Waals surface area contributed by atoms with Crippen molar-refractivity contribution >= 4 is 5.69 Å². The van der Waals surface area contributed by atoms with Crippen LogP contribution in [0.15, 0.2) is 18.3 Å². The van der Waals surface area contributed by atoms with E-state index in [1.807, 2.05) is 12.1 Å². The fraction of sp³-hybridized carbons (Fsp3) is 0.706. The summed E-state index contributed by atoms with van der Waals surface area (Å²) in [7, 11) is 0. The van der Waals surface area contributed by atoms with Crippen LogP contribution in [0.3, 0.4) is 0 Å². The summed E-state index contributed by atoms with van der Waals surface area (Å²) in [5, 5.41) is 0. The van der Waals surface area contributed by atoms with Gasteiger partial charge >= 0.3 is 0 Å². The number of hydrogen-bond donors (Lipinski definition) is 1. The van der Waals surface area contributed by atoms with E-state index in [1.54, 1.807) is 6.20 Å². The van der Waals surface area contributed by atoms with Crippen LogP contribution < -0.4 is 5.73 Å². The second-order valence-electron chi connectivity index (χ2n) is 6.54. The van der Waals surface area contributed by atoms with Gasteiger partial charge in [-0.2, -0.15) is 0 Å². The zero-order valence-electron chi connectivity index (χ0n) is 13.6. The Hall–Kier alpha value is -1.09. The molecular formula is C17H31N3. The van der Waals surface area contributed by atoms with Crippen molar-refractivity contribution in [3.05, 3.63) is 24.0 Å². The number of rotatable bonds is 9. The van der Waals surface area contributed by atoms with Crippen LogP contribution >= 0.6 is 0 Å². The van der Waals surface area contributed by atoms with Crippen molar-refractivity contribution in [3.8, 4) is 0 Å². The van der Waals surface area contributed by atoms with Crippen LogP contribution in [-0.2, 0) is 6.42 Å². The van der Waals surface area contributed by atoms with Gasteiger partial charge in [0.1, 0.15) is 0 Å². The van der Waals surface area contributed by atoms with Gasteiger partial charge in [-0.05, 0) is 49.9 Å². The molecule has 0 amide bonds. The molecule has 0 aliphatic rings. The predicted octanol–water partition coefficient (Wildman–Crippen LogP) is 3.60. The van der Waals surface area contributed by atoms with E-state index in [0.29, 0.717) is 0 Å². The maximum atomic E-state index is 5.67. The molecule has 0 saturated heterocycles. The van der Waals surface area contributed by atoms with E-state index < -0.39 is 0 Å². The first-order valence-electron chi connectivity index (χ1n) is 7.90. The molecule has 0 aromatic carbocycles. The summed E-state index contributed by atoms with van der Waals surface area (Å²) in [6.07, 6.45) is 5.30. The van der Waals surface area contributed by atoms with Crippen LogP contribution in [0.5, 0.6) is 0 Å². The van der Waals surface area contributed by atoms with Crippen molar-refractivity contribution in [2.45, 2.75) is 47.0 Å². The Morgan fingerprint density at radius 3 is 2.05 bits per heavy atom. The third kappa shape index (κ3) is 7.49. The molecule has 1 rings (SSSR count). The lowest BCUT2D eigenvalue weighted by Crippen LogP contribution is -2.30. The van der Waals surface area contributed by atoms with Crippen LogP contribution in [0.4, 0.5) is 5.69 Å². The van der Waals surface area contributed by atoms with Crippen molar-refractivity contribution in [2.75, 3.05) is 25.4 Å². The number of aromatic nitrogens is 1. The highest BCUT2D eigenvalue weighted by Gasteiger charge is 2.08. The molecule has 3 nitrogen and oxygen atoms in total. The number of nitrogens with zero attached hydrogens (tertiary/aromatic N) is 2. The first kappa shape index (κ1) is 17.0. The summed E-state index contributed by atoms with van der Waals surface area (Å²) in [6.45, 7) is 12.7. The molecule has 0 saturated carbocycles. The van der Waals surface area contributed by atoms with E-state index in [9.17, 15) is 0 Å². The average Bonchev–Trinajstić information content (AvgIpc) is 2.39. The summed E-state index contributed by atoms with van der Waals surface area (Å²) in [5.74, 6) is 1.54. The van der Waals surface area contributed by atoms with Gasteiger partial charge in [-0.1, -0.05) is 27.7 Å². The number of nitrogen functional groups attached to an aromatic ring is 1. The van der Waals surface area contributed by atoms with Gasteiger partial charge in [0.2, 0.25) is 0 Å². The van der Waals surface area contributed by atoms with E-state index >= 15 is 0 Å². The molecule has 2 N–H and O–H groups in total. The van der Waals surface area contributed by atoms with E-state index in [4.69, 9.17) is 5.73 Å². The van der Waals surface area contributed by atoms with E-state index in [2.05, 4.69) is 37.6 Å². The predicted molar refractivity (Wildman–Crippen MR) is 87.7 cm³/mol. The van der Waals surface area contributed by atoms with Gasteiger partial charge in [0.05, 0.1) is 11.9 Å². The summed E-state index contributed by atoms with van der Waals surface area (Å²) >= 11 is 0. The van der Waals surface area contributed by atoms with Crippen LogP contribution in [0.2, 0.25) is 0 Å². The SMILES string of the molecule is CC(C)CCN(CCc1ccc(N)cn1)CCC(C)C. The molecule has 0 spiro atoms. The smallest absolute Gasteiger partial charge is 0.0501 e. The second-order valence-corrected chi connectivity index (χ2v) is 6.54. The van der Waals surface area contributed by atoms with Crippen LogP contribution in [0.1, 0.15) is 46.2 Å². The maximum Gasteiger partial charge on any atom is 0.0501 e. The maximum absolute atomic E-state index is 5.67. The summed E-state index contributed by atoms with van der Waals surface area (Å²) in [5.41, 5.74) is 7.55. The van der Waals surface area contributed by atoms with Crippen molar-refractivity contribution in [1.82, 2.24) is 9.88 Å². The molecule has 1 aromatic heterocycles. The number of nitrogens with two attached hydrogens (primary N) is 1. The van der Waals surface area contributed by atoms with Crippen molar-refractivity contribution in [3.63, 3.8) is 0 Å². The summed E-state index contributed by atoms with van der Waals surface area (Å²) in [6, 6.07) is 3.98. The van der Waals surface area contributed by atoms with Gasteiger partial charge in [0, 0.05) is 18.7 Å². The standard InChI is InChI=1S/C17H31N3/c1-14(2)7-10-20(11-8-15(3)4)12-9-17-6-5-16(18)13-19-17/h5-6,13-15H,7-12,18H2,1-4H3. The van der Waals surface area contributed by atoms with E-state index in [1.165, 1.54) is 25.9 Å². The number of anilines is 1. The van der Waals surface area contributed by atoms with Crippen molar-refractivity contribution < 1.29 is 0 Å². The Kier molecular flexibility index (Phi) is 7.60. The van der Waals surface area contributed by atoms with Crippen LogP contribution in [0.25, 0.3) is 0 Å². The molecule has 0 bridgehead atoms. The minimum absolute atomic E-state index is 0.741. The van der Waals surface area contributed by atoms with Crippen molar-refractivity contribution in [2.24, 2.45) is 11.8 Å². The number of pyridine rings is 1. The minimum atomic E-state index is 0.741. The molecule has 0 unspecified atom stereocenters. The minimum Gasteiger partial charge on any atom is -0.397 e. The van der Waals surface area contributed by atoms with E-state index in [0.717, 1.165) is 36.2 Å². The first-order valence-corrected chi connectivity index (χ1v) is 7.90. The van der Waals surface area contributed by atoms with Crippen LogP contribution in [0, 0.1) is 11.8 Å². The molecule has 0 atom stereocenters. The molecule has 0 radical (unpaired) electrons. The lowest BCUT2D eigenvalue weighted by molar-refractivity contribution is 0.245. The number of hydrogen-bond acceptors (Lipinski definition) is 3. The lowest BCUT2D eigenvalue weighted by atomic mass is 10.1. The molecule has 0 aliphatic carbocycles. The largest absolute Gasteiger partial charge is 0.397 e. The molecule has 1 aromatic rings. The van der Waals surface area contributed by atoms with Gasteiger partial charge in [0.25, 0.3) is 0 Å². The molecule has 20 heavy (non-hydrogen) atoms. The Balaban J connectivity index is 2.43. The monoisotopic (exact) mass is 277 g/mol. The van der Waals surface area contributed by atoms with Crippen molar-refractivity contribution in [1.29, 1.82) is 0 Å². The van der Waals surface area contributed by atoms with Crippen LogP contribution in [-0.4, -0.2) is 29.5 Å². The van der Waals surface area contributed by atoms with Gasteiger partial charge in [-0.15, -0.1) is 0 Å². The molecule has 0 aliphatic heterocycles. The Bertz CT molecular complexity index is 345. The van der Waals surface area contributed by atoms with E-state index in [-0.39, 0.29) is 0 Å². The fourth-order valence-corrected chi connectivity index (χ4v) is 2.07. The van der Waals surface area contributed by atoms with Gasteiger partial charge in [0.15, 0.2) is 0 Å². The third-order valence-electron chi connectivity index (χ3n) is 3.58. The Labute approximate surface area is 124 Å². The summed E-state index contributed by atoms with van der Waals surface area (Å²) < 4.78 is 0. The molecule has 114 valence electrons. The summed E-state index contributed by atoms with van der Waals surface area (Å²) in [4.78, 5) is 6.97. The lowest BCUT2D eigenvalue weighted by Gasteiger charge is -2.24. The van der Waals surface area contributed by atoms with Gasteiger partial charge in [-0.3, -0.25) is 4.98 Å². The zero-order valence-corrected chi connectivity index (χ0v) is 13.6.